The molecule has 1 aromatic rings. The molecule has 1 aromatic carbocycles. The summed E-state index contributed by atoms with van der Waals surface area (Å²) in [5.74, 6) is 0. The van der Waals surface area contributed by atoms with Crippen molar-refractivity contribution in [2.24, 2.45) is 0 Å². The third-order valence-electron chi connectivity index (χ3n) is 2.67. The minimum atomic E-state index is -2.69. The number of nitrogens with one attached hydrogen (secondary N) is 1. The topological polar surface area (TPSA) is 50.8 Å². The first-order valence-electron chi connectivity index (χ1n) is 7.31. The third-order valence-corrected chi connectivity index (χ3v) is 7.68. The van der Waals surface area contributed by atoms with Gasteiger partial charge in [-0.05, 0) is 37.6 Å². The van der Waals surface area contributed by atoms with Crippen LogP contribution in [0.25, 0.3) is 0 Å². The van der Waals surface area contributed by atoms with Crippen molar-refractivity contribution in [3.05, 3.63) is 35.9 Å². The highest BCUT2D eigenvalue weighted by molar-refractivity contribution is 8.15. The lowest BCUT2D eigenvalue weighted by molar-refractivity contribution is -0.127. The van der Waals surface area contributed by atoms with E-state index in [0.29, 0.717) is 19.8 Å². The Hall–Kier alpha value is -0.340. The van der Waals surface area contributed by atoms with Crippen LogP contribution in [0.1, 0.15) is 19.4 Å². The van der Waals surface area contributed by atoms with Crippen LogP contribution in [0.5, 0.6) is 0 Å². The molecule has 0 saturated carbocycles. The molecule has 1 rings (SSSR count). The summed E-state index contributed by atoms with van der Waals surface area (Å²) >= 11 is 6.64. The van der Waals surface area contributed by atoms with Crippen LogP contribution >= 0.6 is 18.8 Å². The summed E-state index contributed by atoms with van der Waals surface area (Å²) in [7, 11) is 0. The molecular formula is C14H22FN2O3PS2. The summed E-state index contributed by atoms with van der Waals surface area (Å²) in [6.07, 6.45) is 0.734. The van der Waals surface area contributed by atoms with Gasteiger partial charge in [0.15, 0.2) is 0 Å². The second kappa shape index (κ2) is 11.3. The zero-order valence-electron chi connectivity index (χ0n) is 13.2. The maximum atomic E-state index is 12.4. The Kier molecular flexibility index (Phi) is 10.1. The SMILES string of the molecule is CCOP(=S)(OCC)N(CCc1ccccc1)SNCC(=O)F. The first kappa shape index (κ1) is 20.7. The normalized spacial score (nSPS) is 11.8. The molecule has 0 unspecified atom stereocenters. The standard InChI is InChI=1S/C14H22FN2O3PS2/c1-3-19-21(22,20-4-2)17(23-16-12-14(15)18)11-10-13-8-6-5-7-9-13/h5-9,16H,3-4,10-12H2,1-2H3. The van der Waals surface area contributed by atoms with E-state index in [1.54, 1.807) is 4.08 Å². The Morgan fingerprint density at radius 2 is 1.91 bits per heavy atom. The van der Waals surface area contributed by atoms with Crippen LogP contribution in [0.3, 0.4) is 0 Å². The number of halogens is 1. The molecule has 0 aliphatic rings. The van der Waals surface area contributed by atoms with Crippen molar-refractivity contribution in [3.8, 4) is 0 Å². The summed E-state index contributed by atoms with van der Waals surface area (Å²) in [5, 5.41) is 0. The number of carbonyl (C=O) groups excluding carboxylic acids is 1. The molecule has 130 valence electrons. The van der Waals surface area contributed by atoms with Crippen molar-refractivity contribution in [3.63, 3.8) is 0 Å². The summed E-state index contributed by atoms with van der Waals surface area (Å²) in [4.78, 5) is 10.5. The van der Waals surface area contributed by atoms with Gasteiger partial charge in [0, 0.05) is 18.7 Å². The minimum Gasteiger partial charge on any atom is -0.318 e. The molecule has 0 aliphatic carbocycles. The summed E-state index contributed by atoms with van der Waals surface area (Å²) in [6, 6.07) is 8.50. The van der Waals surface area contributed by atoms with E-state index in [1.165, 1.54) is 0 Å². The van der Waals surface area contributed by atoms with Gasteiger partial charge in [-0.1, -0.05) is 30.3 Å². The van der Waals surface area contributed by atoms with Crippen molar-refractivity contribution >= 4 is 36.6 Å². The monoisotopic (exact) mass is 380 g/mol. The van der Waals surface area contributed by atoms with E-state index in [-0.39, 0.29) is 6.54 Å². The van der Waals surface area contributed by atoms with Crippen LogP contribution in [0, 0.1) is 0 Å². The Labute approximate surface area is 146 Å². The molecule has 0 spiro atoms. The molecule has 0 radical (unpaired) electrons. The fourth-order valence-electron chi connectivity index (χ4n) is 1.74. The van der Waals surface area contributed by atoms with Gasteiger partial charge in [0.2, 0.25) is 0 Å². The number of rotatable bonds is 12. The molecule has 23 heavy (non-hydrogen) atoms. The Bertz CT molecular complexity index is 512. The van der Waals surface area contributed by atoms with Crippen LogP contribution < -0.4 is 4.72 Å². The predicted octanol–water partition coefficient (Wildman–Crippen LogP) is 3.48. The first-order valence-corrected chi connectivity index (χ1v) is 10.7. The first-order chi connectivity index (χ1) is 11.0. The number of nitrogens with zero attached hydrogens (tertiary/aromatic N) is 1. The van der Waals surface area contributed by atoms with E-state index in [4.69, 9.17) is 20.9 Å². The number of benzene rings is 1. The molecule has 0 saturated heterocycles. The highest BCUT2D eigenvalue weighted by Crippen LogP contribution is 2.55. The zero-order valence-corrected chi connectivity index (χ0v) is 15.8. The van der Waals surface area contributed by atoms with Crippen LogP contribution in [0.2, 0.25) is 0 Å². The molecule has 9 heteroatoms. The largest absolute Gasteiger partial charge is 0.318 e. The molecule has 0 aliphatic heterocycles. The van der Waals surface area contributed by atoms with Gasteiger partial charge in [-0.3, -0.25) is 4.79 Å². The van der Waals surface area contributed by atoms with E-state index >= 15 is 0 Å². The van der Waals surface area contributed by atoms with Crippen LogP contribution in [-0.2, 0) is 32.1 Å². The van der Waals surface area contributed by atoms with Crippen molar-refractivity contribution in [2.45, 2.75) is 20.3 Å². The molecule has 0 fully saturated rings. The third kappa shape index (κ3) is 7.85. The van der Waals surface area contributed by atoms with Gasteiger partial charge < -0.3 is 9.05 Å². The van der Waals surface area contributed by atoms with Crippen LogP contribution in [-0.4, -0.2) is 36.4 Å². The fraction of sp³-hybridized carbons (Fsp3) is 0.500. The summed E-state index contributed by atoms with van der Waals surface area (Å²) in [6.45, 7) is 2.00. The lowest BCUT2D eigenvalue weighted by Crippen LogP contribution is -2.25. The second-order valence-corrected chi connectivity index (χ2v) is 8.89. The molecule has 1 N–H and O–H groups in total. The van der Waals surface area contributed by atoms with Gasteiger partial charge in [0.05, 0.1) is 19.8 Å². The molecule has 0 heterocycles. The maximum absolute atomic E-state index is 12.4. The Morgan fingerprint density at radius 1 is 1.30 bits per heavy atom. The highest BCUT2D eigenvalue weighted by atomic mass is 32.5. The lowest BCUT2D eigenvalue weighted by Gasteiger charge is -2.31. The zero-order chi connectivity index (χ0) is 17.1. The molecule has 0 aromatic heterocycles. The average Bonchev–Trinajstić information content (AvgIpc) is 2.51. The number of carbonyl (C=O) groups is 1. The lowest BCUT2D eigenvalue weighted by atomic mass is 10.2. The predicted molar refractivity (Wildman–Crippen MR) is 96.1 cm³/mol. The number of hydrogen-bond acceptors (Lipinski definition) is 6. The van der Waals surface area contributed by atoms with Crippen molar-refractivity contribution in [1.82, 2.24) is 8.80 Å². The van der Waals surface area contributed by atoms with Crippen LogP contribution in [0.4, 0.5) is 4.39 Å². The van der Waals surface area contributed by atoms with Gasteiger partial charge in [-0.2, -0.15) is 8.47 Å². The van der Waals surface area contributed by atoms with E-state index in [1.807, 2.05) is 44.2 Å². The van der Waals surface area contributed by atoms with Crippen molar-refractivity contribution < 1.29 is 18.2 Å². The highest BCUT2D eigenvalue weighted by Gasteiger charge is 2.28. The van der Waals surface area contributed by atoms with Gasteiger partial charge in [0.25, 0.3) is 6.64 Å². The molecule has 5 nitrogen and oxygen atoms in total. The average molecular weight is 380 g/mol. The Balaban J connectivity index is 2.77. The quantitative estimate of drug-likeness (QED) is 0.338. The van der Waals surface area contributed by atoms with Gasteiger partial charge >= 0.3 is 6.04 Å². The van der Waals surface area contributed by atoms with E-state index in [2.05, 4.69) is 4.72 Å². The molecule has 0 atom stereocenters. The van der Waals surface area contributed by atoms with E-state index < -0.39 is 12.7 Å². The second-order valence-electron chi connectivity index (χ2n) is 4.38. The fourth-order valence-corrected chi connectivity index (χ4v) is 5.62. The Morgan fingerprint density at radius 3 is 2.43 bits per heavy atom. The maximum Gasteiger partial charge on any atom is 0.316 e. The molecule has 0 amide bonds. The van der Waals surface area contributed by atoms with Crippen LogP contribution in [0.15, 0.2) is 30.3 Å². The number of hydrogen-bond donors (Lipinski definition) is 1. The van der Waals surface area contributed by atoms with Crippen molar-refractivity contribution in [2.75, 3.05) is 26.3 Å². The smallest absolute Gasteiger partial charge is 0.316 e. The molecule has 0 bridgehead atoms. The van der Waals surface area contributed by atoms with E-state index in [9.17, 15) is 9.18 Å². The van der Waals surface area contributed by atoms with Gasteiger partial charge in [0.1, 0.15) is 0 Å². The summed E-state index contributed by atoms with van der Waals surface area (Å²) in [5.41, 5.74) is 1.15. The van der Waals surface area contributed by atoms with Gasteiger partial charge in [-0.25, -0.2) is 4.72 Å². The molecular weight excluding hydrogens is 358 g/mol. The minimum absolute atomic E-state index is 0.389. The van der Waals surface area contributed by atoms with E-state index in [0.717, 1.165) is 24.1 Å². The van der Waals surface area contributed by atoms with Crippen molar-refractivity contribution in [1.29, 1.82) is 0 Å². The summed E-state index contributed by atoms with van der Waals surface area (Å²) < 4.78 is 28.2. The van der Waals surface area contributed by atoms with Gasteiger partial charge in [-0.15, -0.1) is 0 Å².